The van der Waals surface area contributed by atoms with Crippen molar-refractivity contribution < 1.29 is 4.74 Å². The maximum atomic E-state index is 5.76. The van der Waals surface area contributed by atoms with Gasteiger partial charge in [-0.2, -0.15) is 9.61 Å². The van der Waals surface area contributed by atoms with Gasteiger partial charge in [0.1, 0.15) is 5.82 Å². The molecule has 0 radical (unpaired) electrons. The third-order valence-electron chi connectivity index (χ3n) is 4.91. The van der Waals surface area contributed by atoms with Crippen molar-refractivity contribution in [2.24, 2.45) is 0 Å². The molecule has 5 nitrogen and oxygen atoms in total. The van der Waals surface area contributed by atoms with Gasteiger partial charge in [-0.3, -0.25) is 0 Å². The molecule has 4 rings (SSSR count). The van der Waals surface area contributed by atoms with Gasteiger partial charge in [0, 0.05) is 30.0 Å². The van der Waals surface area contributed by atoms with Crippen LogP contribution in [0.4, 0.5) is 5.82 Å². The summed E-state index contributed by atoms with van der Waals surface area (Å²) in [6, 6.07) is 10.3. The van der Waals surface area contributed by atoms with E-state index in [9.17, 15) is 0 Å². The molecule has 1 aromatic carbocycles. The molecule has 2 aromatic heterocycles. The van der Waals surface area contributed by atoms with Gasteiger partial charge < -0.3 is 10.1 Å². The highest BCUT2D eigenvalue weighted by Gasteiger charge is 2.19. The summed E-state index contributed by atoms with van der Waals surface area (Å²) in [6.45, 7) is 7.59. The highest BCUT2D eigenvalue weighted by atomic mass is 16.5. The molecule has 1 aliphatic rings. The van der Waals surface area contributed by atoms with E-state index in [0.29, 0.717) is 0 Å². The smallest absolute Gasteiger partial charge is 0.165 e. The van der Waals surface area contributed by atoms with Crippen molar-refractivity contribution in [1.82, 2.24) is 14.6 Å². The molecule has 5 heteroatoms. The molecule has 3 heterocycles. The molecule has 0 saturated carbocycles. The number of aryl methyl sites for hydroxylation is 1. The first-order valence-corrected chi connectivity index (χ1v) is 9.17. The predicted molar refractivity (Wildman–Crippen MR) is 105 cm³/mol. The zero-order valence-electron chi connectivity index (χ0n) is 15.1. The molecular weight excluding hydrogens is 324 g/mol. The Labute approximate surface area is 153 Å². The maximum Gasteiger partial charge on any atom is 0.165 e. The first kappa shape index (κ1) is 16.8. The summed E-state index contributed by atoms with van der Waals surface area (Å²) in [4.78, 5) is 4.85. The van der Waals surface area contributed by atoms with Crippen molar-refractivity contribution in [3.8, 4) is 11.1 Å². The number of rotatable bonds is 6. The van der Waals surface area contributed by atoms with Gasteiger partial charge in [-0.15, -0.1) is 6.58 Å². The number of hydrogen-bond donors (Lipinski definition) is 1. The third-order valence-corrected chi connectivity index (χ3v) is 4.91. The minimum atomic E-state index is 0.263. The molecule has 1 saturated heterocycles. The number of hydrogen-bond acceptors (Lipinski definition) is 4. The summed E-state index contributed by atoms with van der Waals surface area (Å²) in [7, 11) is 0. The number of nitrogens with zero attached hydrogens (tertiary/aromatic N) is 3. The Hall–Kier alpha value is -2.66. The zero-order chi connectivity index (χ0) is 17.9. The molecule has 1 atom stereocenters. The number of ether oxygens (including phenoxy) is 1. The van der Waals surface area contributed by atoms with Gasteiger partial charge in [-0.05, 0) is 31.7 Å². The van der Waals surface area contributed by atoms with Crippen LogP contribution in [0.2, 0.25) is 0 Å². The number of anilines is 1. The number of nitrogens with one attached hydrogen (secondary N) is 1. The number of benzene rings is 1. The molecular formula is C21H24N4O. The Morgan fingerprint density at radius 3 is 2.92 bits per heavy atom. The van der Waals surface area contributed by atoms with E-state index >= 15 is 0 Å². The van der Waals surface area contributed by atoms with Crippen LogP contribution in [0.1, 0.15) is 24.1 Å². The molecule has 0 unspecified atom stereocenters. The van der Waals surface area contributed by atoms with Crippen LogP contribution in [0, 0.1) is 6.92 Å². The van der Waals surface area contributed by atoms with Gasteiger partial charge in [0.05, 0.1) is 12.3 Å². The standard InChI is InChI=1S/C21H24N4O/c1-3-8-18-15(2)24-21-19(16-9-5-4-6-10-16)14-23-25(21)20(18)22-13-17-11-7-12-26-17/h3-6,9-10,14,17,22H,1,7-8,11-13H2,2H3/t17-/m1/s1. The van der Waals surface area contributed by atoms with Crippen LogP contribution in [-0.2, 0) is 11.2 Å². The molecule has 1 fully saturated rings. The van der Waals surface area contributed by atoms with Crippen molar-refractivity contribution in [3.05, 3.63) is 60.4 Å². The van der Waals surface area contributed by atoms with Gasteiger partial charge in [0.15, 0.2) is 5.65 Å². The molecule has 1 aliphatic heterocycles. The average molecular weight is 348 g/mol. The molecule has 0 amide bonds. The Morgan fingerprint density at radius 2 is 2.19 bits per heavy atom. The van der Waals surface area contributed by atoms with Crippen LogP contribution in [0.25, 0.3) is 16.8 Å². The average Bonchev–Trinajstić information content (AvgIpc) is 3.32. The van der Waals surface area contributed by atoms with Crippen LogP contribution < -0.4 is 5.32 Å². The summed E-state index contributed by atoms with van der Waals surface area (Å²) in [5.74, 6) is 0.991. The fourth-order valence-corrected chi connectivity index (χ4v) is 3.55. The second kappa shape index (κ2) is 7.30. The van der Waals surface area contributed by atoms with Crippen molar-refractivity contribution in [2.45, 2.75) is 32.3 Å². The molecule has 0 bridgehead atoms. The van der Waals surface area contributed by atoms with Gasteiger partial charge in [-0.25, -0.2) is 4.98 Å². The SMILES string of the molecule is C=CCc1c(C)nc2c(-c3ccccc3)cnn2c1NC[C@H]1CCCO1. The Morgan fingerprint density at radius 1 is 1.35 bits per heavy atom. The van der Waals surface area contributed by atoms with Crippen molar-refractivity contribution in [3.63, 3.8) is 0 Å². The molecule has 1 N–H and O–H groups in total. The van der Waals surface area contributed by atoms with Crippen molar-refractivity contribution in [1.29, 1.82) is 0 Å². The lowest BCUT2D eigenvalue weighted by molar-refractivity contribution is 0.120. The number of aromatic nitrogens is 3. The highest BCUT2D eigenvalue weighted by molar-refractivity contribution is 5.78. The predicted octanol–water partition coefficient (Wildman–Crippen LogP) is 4.02. The normalized spacial score (nSPS) is 16.9. The quantitative estimate of drug-likeness (QED) is 0.684. The first-order chi connectivity index (χ1) is 12.8. The zero-order valence-corrected chi connectivity index (χ0v) is 15.1. The summed E-state index contributed by atoms with van der Waals surface area (Å²) >= 11 is 0. The Bertz CT molecular complexity index is 911. The molecule has 3 aromatic rings. The maximum absolute atomic E-state index is 5.76. The van der Waals surface area contributed by atoms with Crippen LogP contribution in [0.15, 0.2) is 49.2 Å². The van der Waals surface area contributed by atoms with Crippen LogP contribution >= 0.6 is 0 Å². The minimum absolute atomic E-state index is 0.263. The summed E-state index contributed by atoms with van der Waals surface area (Å²) in [6.07, 6.45) is 7.06. The van der Waals surface area contributed by atoms with Crippen LogP contribution in [0.3, 0.4) is 0 Å². The first-order valence-electron chi connectivity index (χ1n) is 9.17. The third kappa shape index (κ3) is 3.10. The number of fused-ring (bicyclic) bond motifs is 1. The molecule has 0 spiro atoms. The molecule has 26 heavy (non-hydrogen) atoms. The fraction of sp³-hybridized carbons (Fsp3) is 0.333. The summed E-state index contributed by atoms with van der Waals surface area (Å²) in [5, 5.41) is 8.22. The van der Waals surface area contributed by atoms with Gasteiger partial charge in [0.25, 0.3) is 0 Å². The topological polar surface area (TPSA) is 51.5 Å². The molecule has 0 aliphatic carbocycles. The van der Waals surface area contributed by atoms with Crippen LogP contribution in [0.5, 0.6) is 0 Å². The van der Waals surface area contributed by atoms with E-state index in [1.807, 2.05) is 35.0 Å². The van der Waals surface area contributed by atoms with E-state index in [1.54, 1.807) is 0 Å². The van der Waals surface area contributed by atoms with E-state index in [0.717, 1.165) is 66.3 Å². The van der Waals surface area contributed by atoms with Gasteiger partial charge in [0.2, 0.25) is 0 Å². The van der Waals surface area contributed by atoms with E-state index in [-0.39, 0.29) is 6.10 Å². The highest BCUT2D eigenvalue weighted by Crippen LogP contribution is 2.28. The lowest BCUT2D eigenvalue weighted by atomic mass is 10.1. The second-order valence-electron chi connectivity index (χ2n) is 6.69. The second-order valence-corrected chi connectivity index (χ2v) is 6.69. The lowest BCUT2D eigenvalue weighted by Crippen LogP contribution is -2.21. The number of allylic oxidation sites excluding steroid dienone is 1. The van der Waals surface area contributed by atoms with E-state index < -0.39 is 0 Å². The monoisotopic (exact) mass is 348 g/mol. The van der Waals surface area contributed by atoms with Crippen LogP contribution in [-0.4, -0.2) is 33.9 Å². The van der Waals surface area contributed by atoms with Gasteiger partial charge >= 0.3 is 0 Å². The lowest BCUT2D eigenvalue weighted by Gasteiger charge is -2.17. The minimum Gasteiger partial charge on any atom is -0.376 e. The molecule has 134 valence electrons. The summed E-state index contributed by atoms with van der Waals surface area (Å²) < 4.78 is 7.68. The Kier molecular flexibility index (Phi) is 4.71. The largest absolute Gasteiger partial charge is 0.376 e. The summed E-state index contributed by atoms with van der Waals surface area (Å²) in [5.41, 5.74) is 5.17. The van der Waals surface area contributed by atoms with E-state index in [1.165, 1.54) is 0 Å². The fourth-order valence-electron chi connectivity index (χ4n) is 3.55. The van der Waals surface area contributed by atoms with E-state index in [4.69, 9.17) is 9.72 Å². The van der Waals surface area contributed by atoms with Crippen molar-refractivity contribution in [2.75, 3.05) is 18.5 Å². The van der Waals surface area contributed by atoms with Gasteiger partial charge in [-0.1, -0.05) is 36.4 Å². The Balaban J connectivity index is 1.79. The van der Waals surface area contributed by atoms with E-state index in [2.05, 4.69) is 36.1 Å². The van der Waals surface area contributed by atoms with Crippen molar-refractivity contribution >= 4 is 11.5 Å².